The van der Waals surface area contributed by atoms with Crippen LogP contribution in [0.5, 0.6) is 0 Å². The average Bonchev–Trinajstić information content (AvgIpc) is 2.61. The second kappa shape index (κ2) is 3.56. The maximum absolute atomic E-state index is 8.76. The van der Waals surface area contributed by atoms with Gasteiger partial charge in [0.25, 0.3) is 0 Å². The zero-order chi connectivity index (χ0) is 10.1. The Morgan fingerprint density at radius 2 is 2.36 bits per heavy atom. The Morgan fingerprint density at radius 1 is 1.57 bits per heavy atom. The highest BCUT2D eigenvalue weighted by molar-refractivity contribution is 7.18. The molecule has 1 aromatic carbocycles. The number of halogens is 1. The van der Waals surface area contributed by atoms with Crippen LogP contribution < -0.4 is 0 Å². The molecule has 0 saturated heterocycles. The zero-order valence-electron chi connectivity index (χ0n) is 7.54. The van der Waals surface area contributed by atoms with Crippen LogP contribution in [0, 0.1) is 11.3 Å². The molecule has 0 N–H and O–H groups in total. The van der Waals surface area contributed by atoms with Crippen LogP contribution in [0.2, 0.25) is 5.02 Å². The first-order valence-corrected chi connectivity index (χ1v) is 5.43. The van der Waals surface area contributed by atoms with Crippen molar-refractivity contribution in [1.82, 2.24) is 4.98 Å². The highest BCUT2D eigenvalue weighted by atomic mass is 35.5. The highest BCUT2D eigenvalue weighted by Gasteiger charge is 2.07. The van der Waals surface area contributed by atoms with Crippen LogP contribution in [0.3, 0.4) is 0 Å². The van der Waals surface area contributed by atoms with Gasteiger partial charge in [-0.2, -0.15) is 5.26 Å². The van der Waals surface area contributed by atoms with Crippen LogP contribution in [0.1, 0.15) is 17.5 Å². The lowest BCUT2D eigenvalue weighted by atomic mass is 10.2. The number of aromatic nitrogens is 1. The smallest absolute Gasteiger partial charge is 0.100 e. The van der Waals surface area contributed by atoms with Crippen molar-refractivity contribution in [3.8, 4) is 6.07 Å². The van der Waals surface area contributed by atoms with E-state index in [1.165, 1.54) is 0 Å². The summed E-state index contributed by atoms with van der Waals surface area (Å²) in [5, 5.41) is 10.4. The molecule has 0 aliphatic heterocycles. The quantitative estimate of drug-likeness (QED) is 0.742. The lowest BCUT2D eigenvalue weighted by Crippen LogP contribution is -1.77. The summed E-state index contributed by atoms with van der Waals surface area (Å²) in [7, 11) is 0. The molecule has 4 heteroatoms. The fraction of sp³-hybridized carbons (Fsp3) is 0.200. The van der Waals surface area contributed by atoms with E-state index in [4.69, 9.17) is 16.9 Å². The number of nitriles is 1. The maximum Gasteiger partial charge on any atom is 0.100 e. The van der Waals surface area contributed by atoms with Crippen molar-refractivity contribution in [2.24, 2.45) is 0 Å². The van der Waals surface area contributed by atoms with Gasteiger partial charge in [0.1, 0.15) is 5.52 Å². The standard InChI is InChI=1S/C10H7ClN2S/c1-2-9-13-10-7(11)3-6(5-12)4-8(10)14-9/h3-4H,2H2,1H3. The van der Waals surface area contributed by atoms with Gasteiger partial charge in [0.2, 0.25) is 0 Å². The molecule has 0 bridgehead atoms. The summed E-state index contributed by atoms with van der Waals surface area (Å²) < 4.78 is 0.992. The Morgan fingerprint density at radius 3 is 3.00 bits per heavy atom. The first kappa shape index (κ1) is 9.45. The Labute approximate surface area is 90.8 Å². The van der Waals surface area contributed by atoms with E-state index in [0.717, 1.165) is 21.6 Å². The van der Waals surface area contributed by atoms with E-state index in [0.29, 0.717) is 10.6 Å². The number of rotatable bonds is 1. The van der Waals surface area contributed by atoms with Crippen molar-refractivity contribution in [1.29, 1.82) is 5.26 Å². The first-order valence-electron chi connectivity index (χ1n) is 4.23. The van der Waals surface area contributed by atoms with Gasteiger partial charge in [0, 0.05) is 0 Å². The Kier molecular flexibility index (Phi) is 2.40. The second-order valence-corrected chi connectivity index (χ2v) is 4.40. The molecule has 2 rings (SSSR count). The van der Waals surface area contributed by atoms with Crippen LogP contribution in [-0.4, -0.2) is 4.98 Å². The molecule has 70 valence electrons. The van der Waals surface area contributed by atoms with Crippen molar-refractivity contribution in [3.05, 3.63) is 27.7 Å². The van der Waals surface area contributed by atoms with Crippen molar-refractivity contribution >= 4 is 33.2 Å². The van der Waals surface area contributed by atoms with Crippen molar-refractivity contribution in [3.63, 3.8) is 0 Å². The average molecular weight is 223 g/mol. The summed E-state index contributed by atoms with van der Waals surface area (Å²) in [5.41, 5.74) is 1.40. The molecular formula is C10H7ClN2S. The fourth-order valence-electron chi connectivity index (χ4n) is 1.25. The zero-order valence-corrected chi connectivity index (χ0v) is 9.11. The molecule has 2 nitrogen and oxygen atoms in total. The molecule has 0 aliphatic carbocycles. The molecule has 0 saturated carbocycles. The van der Waals surface area contributed by atoms with Gasteiger partial charge in [-0.25, -0.2) is 4.98 Å². The monoisotopic (exact) mass is 222 g/mol. The predicted molar refractivity (Wildman–Crippen MR) is 58.7 cm³/mol. The number of aryl methyl sites for hydroxylation is 1. The molecule has 0 aliphatic rings. The van der Waals surface area contributed by atoms with Gasteiger partial charge in [0.15, 0.2) is 0 Å². The molecule has 1 heterocycles. The minimum atomic E-state index is 0.565. The van der Waals surface area contributed by atoms with E-state index < -0.39 is 0 Å². The normalized spacial score (nSPS) is 10.4. The first-order chi connectivity index (χ1) is 6.74. The minimum Gasteiger partial charge on any atom is -0.240 e. The number of hydrogen-bond donors (Lipinski definition) is 0. The SMILES string of the molecule is CCc1nc2c(Cl)cc(C#N)cc2s1. The molecular weight excluding hydrogens is 216 g/mol. The highest BCUT2D eigenvalue weighted by Crippen LogP contribution is 2.29. The Bertz CT molecular complexity index is 525. The van der Waals surface area contributed by atoms with Crippen molar-refractivity contribution < 1.29 is 0 Å². The van der Waals surface area contributed by atoms with E-state index in [-0.39, 0.29) is 0 Å². The molecule has 0 fully saturated rings. The predicted octanol–water partition coefficient (Wildman–Crippen LogP) is 3.38. The number of hydrogen-bond acceptors (Lipinski definition) is 3. The van der Waals surface area contributed by atoms with Crippen LogP contribution in [0.4, 0.5) is 0 Å². The Hall–Kier alpha value is -1.11. The molecule has 1 aromatic heterocycles. The second-order valence-electron chi connectivity index (χ2n) is 2.88. The fourth-order valence-corrected chi connectivity index (χ4v) is 2.54. The van der Waals surface area contributed by atoms with Gasteiger partial charge in [-0.1, -0.05) is 18.5 Å². The van der Waals surface area contributed by atoms with Crippen molar-refractivity contribution in [2.75, 3.05) is 0 Å². The third-order valence-corrected chi connectivity index (χ3v) is 3.36. The summed E-state index contributed by atoms with van der Waals surface area (Å²) in [6.45, 7) is 2.05. The number of thiazole rings is 1. The van der Waals surface area contributed by atoms with E-state index in [9.17, 15) is 0 Å². The lowest BCUT2D eigenvalue weighted by molar-refractivity contribution is 1.11. The topological polar surface area (TPSA) is 36.7 Å². The molecule has 0 amide bonds. The third kappa shape index (κ3) is 1.47. The number of nitrogens with zero attached hydrogens (tertiary/aromatic N) is 2. The molecule has 14 heavy (non-hydrogen) atoms. The summed E-state index contributed by atoms with van der Waals surface area (Å²) >= 11 is 7.60. The van der Waals surface area contributed by atoms with Crippen molar-refractivity contribution in [2.45, 2.75) is 13.3 Å². The van der Waals surface area contributed by atoms with E-state index in [1.807, 2.05) is 6.07 Å². The van der Waals surface area contributed by atoms with Gasteiger partial charge < -0.3 is 0 Å². The summed E-state index contributed by atoms with van der Waals surface area (Å²) in [4.78, 5) is 4.38. The van der Waals surface area contributed by atoms with E-state index in [2.05, 4.69) is 18.0 Å². The van der Waals surface area contributed by atoms with Crippen LogP contribution in [0.15, 0.2) is 12.1 Å². The molecule has 0 spiro atoms. The number of fused-ring (bicyclic) bond motifs is 1. The Balaban J connectivity index is 2.75. The maximum atomic E-state index is 8.76. The summed E-state index contributed by atoms with van der Waals surface area (Å²) in [6, 6.07) is 5.57. The van der Waals surface area contributed by atoms with Crippen LogP contribution in [0.25, 0.3) is 10.2 Å². The summed E-state index contributed by atoms with van der Waals surface area (Å²) in [6.07, 6.45) is 0.900. The number of benzene rings is 1. The van der Waals surface area contributed by atoms with Gasteiger partial charge in [-0.3, -0.25) is 0 Å². The molecule has 0 atom stereocenters. The van der Waals surface area contributed by atoms with Gasteiger partial charge in [-0.15, -0.1) is 11.3 Å². The van der Waals surface area contributed by atoms with Gasteiger partial charge >= 0.3 is 0 Å². The third-order valence-electron chi connectivity index (χ3n) is 1.92. The van der Waals surface area contributed by atoms with Gasteiger partial charge in [0.05, 0.1) is 26.4 Å². The molecule has 0 unspecified atom stereocenters. The summed E-state index contributed by atoms with van der Waals surface area (Å²) in [5.74, 6) is 0. The lowest BCUT2D eigenvalue weighted by Gasteiger charge is -1.92. The van der Waals surface area contributed by atoms with Crippen LogP contribution >= 0.6 is 22.9 Å². The molecule has 0 radical (unpaired) electrons. The van der Waals surface area contributed by atoms with E-state index in [1.54, 1.807) is 17.4 Å². The largest absolute Gasteiger partial charge is 0.240 e. The van der Waals surface area contributed by atoms with E-state index >= 15 is 0 Å². The molecule has 2 aromatic rings. The minimum absolute atomic E-state index is 0.565. The van der Waals surface area contributed by atoms with Gasteiger partial charge in [-0.05, 0) is 18.6 Å². The van der Waals surface area contributed by atoms with Crippen LogP contribution in [-0.2, 0) is 6.42 Å².